The molecule has 0 saturated heterocycles. The van der Waals surface area contributed by atoms with Gasteiger partial charge in [0.05, 0.1) is 19.8 Å². The van der Waals surface area contributed by atoms with Crippen molar-refractivity contribution in [2.75, 3.05) is 20.8 Å². The normalized spacial score (nSPS) is 10.7. The summed E-state index contributed by atoms with van der Waals surface area (Å²) in [6.07, 6.45) is 2.39. The molecule has 1 amide bonds. The average Bonchev–Trinajstić information content (AvgIpc) is 3.04. The van der Waals surface area contributed by atoms with E-state index in [4.69, 9.17) is 21.1 Å². The molecule has 0 unspecified atom stereocenters. The molecule has 1 aromatic heterocycles. The first kappa shape index (κ1) is 17.2. The van der Waals surface area contributed by atoms with Crippen LogP contribution in [0.25, 0.3) is 10.9 Å². The molecule has 130 valence electrons. The fourth-order valence-corrected chi connectivity index (χ4v) is 2.90. The minimum atomic E-state index is -0.131. The van der Waals surface area contributed by atoms with Crippen LogP contribution in [0.15, 0.2) is 42.6 Å². The Morgan fingerprint density at radius 1 is 1.12 bits per heavy atom. The molecule has 3 rings (SSSR count). The molecule has 3 aromatic rings. The van der Waals surface area contributed by atoms with Gasteiger partial charge in [0.1, 0.15) is 0 Å². The number of amides is 1. The van der Waals surface area contributed by atoms with Gasteiger partial charge in [0.15, 0.2) is 11.5 Å². The molecule has 0 aliphatic carbocycles. The molecule has 6 heteroatoms. The molecule has 1 heterocycles. The monoisotopic (exact) mass is 358 g/mol. The Balaban J connectivity index is 1.65. The topological polar surface area (TPSA) is 63.3 Å². The molecule has 2 aromatic carbocycles. The van der Waals surface area contributed by atoms with E-state index in [2.05, 4.69) is 10.3 Å². The van der Waals surface area contributed by atoms with Gasteiger partial charge < -0.3 is 19.8 Å². The third-order valence-electron chi connectivity index (χ3n) is 4.04. The van der Waals surface area contributed by atoms with E-state index in [1.165, 1.54) is 0 Å². The van der Waals surface area contributed by atoms with Crippen molar-refractivity contribution in [1.29, 1.82) is 0 Å². The number of carbonyl (C=O) groups excluding carboxylic acids is 1. The summed E-state index contributed by atoms with van der Waals surface area (Å²) in [6.45, 7) is 0.515. The molecule has 0 spiro atoms. The second-order valence-electron chi connectivity index (χ2n) is 5.59. The van der Waals surface area contributed by atoms with Crippen molar-refractivity contribution in [3.05, 3.63) is 58.7 Å². The van der Waals surface area contributed by atoms with Crippen LogP contribution in [0.3, 0.4) is 0 Å². The minimum absolute atomic E-state index is 0.131. The van der Waals surface area contributed by atoms with Crippen molar-refractivity contribution in [3.63, 3.8) is 0 Å². The lowest BCUT2D eigenvalue weighted by atomic mass is 10.1. The number of H-pyrrole nitrogens is 1. The number of halogens is 1. The van der Waals surface area contributed by atoms with Gasteiger partial charge in [0.25, 0.3) is 5.91 Å². The average molecular weight is 359 g/mol. The summed E-state index contributed by atoms with van der Waals surface area (Å²) in [7, 11) is 3.21. The minimum Gasteiger partial charge on any atom is -0.493 e. The Morgan fingerprint density at radius 3 is 2.68 bits per heavy atom. The Hall–Kier alpha value is -2.66. The SMILES string of the molecule is COc1ccc(CCNC(=O)c2c[nH]c3ccc(Cl)cc23)cc1OC. The number of nitrogens with one attached hydrogen (secondary N) is 2. The number of aromatic nitrogens is 1. The van der Waals surface area contributed by atoms with Gasteiger partial charge in [-0.2, -0.15) is 0 Å². The van der Waals surface area contributed by atoms with E-state index in [0.29, 0.717) is 35.1 Å². The van der Waals surface area contributed by atoms with Gasteiger partial charge >= 0.3 is 0 Å². The van der Waals surface area contributed by atoms with Crippen molar-refractivity contribution in [2.45, 2.75) is 6.42 Å². The van der Waals surface area contributed by atoms with Crippen molar-refractivity contribution in [2.24, 2.45) is 0 Å². The van der Waals surface area contributed by atoms with Crippen LogP contribution < -0.4 is 14.8 Å². The molecule has 0 atom stereocenters. The number of hydrogen-bond donors (Lipinski definition) is 2. The highest BCUT2D eigenvalue weighted by Gasteiger charge is 2.12. The molecular formula is C19H19ClN2O3. The summed E-state index contributed by atoms with van der Waals surface area (Å²) in [6, 6.07) is 11.2. The van der Waals surface area contributed by atoms with E-state index >= 15 is 0 Å². The van der Waals surface area contributed by atoms with Gasteiger partial charge in [-0.15, -0.1) is 0 Å². The molecule has 0 bridgehead atoms. The van der Waals surface area contributed by atoms with E-state index < -0.39 is 0 Å². The first-order chi connectivity index (χ1) is 12.1. The van der Waals surface area contributed by atoms with Crippen LogP contribution in [0.1, 0.15) is 15.9 Å². The second kappa shape index (κ2) is 7.49. The lowest BCUT2D eigenvalue weighted by Crippen LogP contribution is -2.25. The third kappa shape index (κ3) is 3.72. The maximum absolute atomic E-state index is 12.4. The lowest BCUT2D eigenvalue weighted by molar-refractivity contribution is 0.0956. The van der Waals surface area contributed by atoms with Crippen LogP contribution in [0.4, 0.5) is 0 Å². The third-order valence-corrected chi connectivity index (χ3v) is 4.27. The zero-order valence-electron chi connectivity index (χ0n) is 14.1. The summed E-state index contributed by atoms with van der Waals surface area (Å²) in [5, 5.41) is 4.36. The number of carbonyl (C=O) groups is 1. The number of methoxy groups -OCH3 is 2. The van der Waals surface area contributed by atoms with Crippen molar-refractivity contribution in [1.82, 2.24) is 10.3 Å². The van der Waals surface area contributed by atoms with Gasteiger partial charge in [-0.05, 0) is 42.3 Å². The highest BCUT2D eigenvalue weighted by Crippen LogP contribution is 2.27. The van der Waals surface area contributed by atoms with Crippen LogP contribution in [0.5, 0.6) is 11.5 Å². The van der Waals surface area contributed by atoms with E-state index in [1.54, 1.807) is 32.5 Å². The van der Waals surface area contributed by atoms with Crippen LogP contribution >= 0.6 is 11.6 Å². The summed E-state index contributed by atoms with van der Waals surface area (Å²) in [5.41, 5.74) is 2.53. The fraction of sp³-hybridized carbons (Fsp3) is 0.211. The Bertz CT molecular complexity index is 905. The predicted molar refractivity (Wildman–Crippen MR) is 98.9 cm³/mol. The van der Waals surface area contributed by atoms with Gasteiger partial charge in [-0.3, -0.25) is 4.79 Å². The maximum atomic E-state index is 12.4. The fourth-order valence-electron chi connectivity index (χ4n) is 2.73. The molecule has 0 fully saturated rings. The summed E-state index contributed by atoms with van der Waals surface area (Å²) >= 11 is 6.02. The molecule has 0 radical (unpaired) electrons. The van der Waals surface area contributed by atoms with Crippen LogP contribution in [-0.2, 0) is 6.42 Å². The smallest absolute Gasteiger partial charge is 0.253 e. The number of rotatable bonds is 6. The summed E-state index contributed by atoms with van der Waals surface area (Å²) in [5.74, 6) is 1.23. The highest BCUT2D eigenvalue weighted by atomic mass is 35.5. The summed E-state index contributed by atoms with van der Waals surface area (Å²) in [4.78, 5) is 15.5. The van der Waals surface area contributed by atoms with Gasteiger partial charge in [-0.25, -0.2) is 0 Å². The number of fused-ring (bicyclic) bond motifs is 1. The van der Waals surface area contributed by atoms with Crippen molar-refractivity contribution >= 4 is 28.4 Å². The molecule has 5 nitrogen and oxygen atoms in total. The number of ether oxygens (including phenoxy) is 2. The van der Waals surface area contributed by atoms with Crippen LogP contribution in [0, 0.1) is 0 Å². The second-order valence-corrected chi connectivity index (χ2v) is 6.02. The molecular weight excluding hydrogens is 340 g/mol. The van der Waals surface area contributed by atoms with Gasteiger partial charge in [-0.1, -0.05) is 17.7 Å². The molecule has 25 heavy (non-hydrogen) atoms. The molecule has 0 aliphatic heterocycles. The first-order valence-electron chi connectivity index (χ1n) is 7.88. The zero-order valence-corrected chi connectivity index (χ0v) is 14.8. The number of aromatic amines is 1. The first-order valence-corrected chi connectivity index (χ1v) is 8.26. The van der Waals surface area contributed by atoms with E-state index in [9.17, 15) is 4.79 Å². The Labute approximate surface area is 150 Å². The highest BCUT2D eigenvalue weighted by molar-refractivity contribution is 6.31. The lowest BCUT2D eigenvalue weighted by Gasteiger charge is -2.10. The van der Waals surface area contributed by atoms with E-state index in [1.807, 2.05) is 24.3 Å². The van der Waals surface area contributed by atoms with Crippen LogP contribution in [-0.4, -0.2) is 31.7 Å². The van der Waals surface area contributed by atoms with Crippen molar-refractivity contribution in [3.8, 4) is 11.5 Å². The van der Waals surface area contributed by atoms with E-state index in [-0.39, 0.29) is 5.91 Å². The molecule has 0 saturated carbocycles. The zero-order chi connectivity index (χ0) is 17.8. The quantitative estimate of drug-likeness (QED) is 0.704. The standard InChI is InChI=1S/C19H19ClN2O3/c1-24-17-6-3-12(9-18(17)25-2)7-8-21-19(23)15-11-22-16-5-4-13(20)10-14(15)16/h3-6,9-11,22H,7-8H2,1-2H3,(H,21,23). The molecule has 0 aliphatic rings. The molecule has 2 N–H and O–H groups in total. The van der Waals surface area contributed by atoms with Gasteiger partial charge in [0.2, 0.25) is 0 Å². The number of hydrogen-bond acceptors (Lipinski definition) is 3. The van der Waals surface area contributed by atoms with Crippen molar-refractivity contribution < 1.29 is 14.3 Å². The van der Waals surface area contributed by atoms with Crippen LogP contribution in [0.2, 0.25) is 5.02 Å². The predicted octanol–water partition coefficient (Wildman–Crippen LogP) is 3.81. The number of benzene rings is 2. The Kier molecular flexibility index (Phi) is 5.14. The summed E-state index contributed by atoms with van der Waals surface area (Å²) < 4.78 is 10.5. The largest absolute Gasteiger partial charge is 0.493 e. The van der Waals surface area contributed by atoms with E-state index in [0.717, 1.165) is 16.5 Å². The maximum Gasteiger partial charge on any atom is 0.253 e. The Morgan fingerprint density at radius 2 is 1.92 bits per heavy atom. The van der Waals surface area contributed by atoms with Gasteiger partial charge in [0, 0.05) is 28.7 Å².